The molecule has 0 fully saturated rings. The number of unbranched alkanes of at least 4 members (excludes halogenated alkanes) is 1. The summed E-state index contributed by atoms with van der Waals surface area (Å²) in [6, 6.07) is 8.74. The summed E-state index contributed by atoms with van der Waals surface area (Å²) in [5.41, 5.74) is 0.710. The third kappa shape index (κ3) is 7.24. The van der Waals surface area contributed by atoms with E-state index in [1.54, 1.807) is 37.3 Å². The largest absolute Gasteiger partial charge is 0.486 e. The van der Waals surface area contributed by atoms with E-state index in [4.69, 9.17) is 32.7 Å². The Balaban J connectivity index is 1.96. The fraction of sp³-hybridized carbons (Fsp3) is 0.462. The molecule has 2 amide bonds. The molecule has 0 unspecified atom stereocenters. The van der Waals surface area contributed by atoms with E-state index in [1.165, 1.54) is 17.9 Å². The third-order valence-electron chi connectivity index (χ3n) is 6.18. The second kappa shape index (κ2) is 13.4. The Morgan fingerprint density at radius 1 is 1.05 bits per heavy atom. The number of hydrogen-bond donors (Lipinski definition) is 1. The van der Waals surface area contributed by atoms with E-state index < -0.39 is 28.5 Å². The molecular weight excluding hydrogens is 553 g/mol. The maximum Gasteiger partial charge on any atom is 0.244 e. The van der Waals surface area contributed by atoms with E-state index in [9.17, 15) is 18.0 Å². The molecule has 1 N–H and O–H groups in total. The van der Waals surface area contributed by atoms with Gasteiger partial charge >= 0.3 is 0 Å². The van der Waals surface area contributed by atoms with Crippen LogP contribution in [0.15, 0.2) is 36.4 Å². The molecule has 1 atom stereocenters. The molecule has 1 heterocycles. The van der Waals surface area contributed by atoms with Gasteiger partial charge in [-0.15, -0.1) is 0 Å². The normalized spacial score (nSPS) is 13.5. The minimum Gasteiger partial charge on any atom is -0.486 e. The predicted molar refractivity (Wildman–Crippen MR) is 149 cm³/mol. The first kappa shape index (κ1) is 29.9. The Morgan fingerprint density at radius 3 is 2.34 bits per heavy atom. The van der Waals surface area contributed by atoms with Crippen LogP contribution >= 0.6 is 23.2 Å². The van der Waals surface area contributed by atoms with Gasteiger partial charge in [0, 0.05) is 34.8 Å². The lowest BCUT2D eigenvalue weighted by Gasteiger charge is -2.32. The molecule has 0 saturated heterocycles. The Morgan fingerprint density at radius 2 is 1.71 bits per heavy atom. The molecule has 208 valence electrons. The molecule has 3 rings (SSSR count). The highest BCUT2D eigenvalue weighted by Gasteiger charge is 2.32. The van der Waals surface area contributed by atoms with Crippen molar-refractivity contribution in [2.24, 2.45) is 0 Å². The van der Waals surface area contributed by atoms with Gasteiger partial charge in [0.2, 0.25) is 21.8 Å². The van der Waals surface area contributed by atoms with E-state index in [-0.39, 0.29) is 23.9 Å². The maximum absolute atomic E-state index is 13.8. The van der Waals surface area contributed by atoms with Crippen molar-refractivity contribution in [3.8, 4) is 11.5 Å². The fourth-order valence-electron chi connectivity index (χ4n) is 3.88. The average molecular weight is 587 g/mol. The summed E-state index contributed by atoms with van der Waals surface area (Å²) >= 11 is 12.7. The molecule has 1 aliphatic heterocycles. The number of hydrogen-bond acceptors (Lipinski definition) is 6. The molecule has 12 heteroatoms. The predicted octanol–water partition coefficient (Wildman–Crippen LogP) is 4.25. The van der Waals surface area contributed by atoms with Gasteiger partial charge in [-0.3, -0.25) is 13.9 Å². The van der Waals surface area contributed by atoms with Crippen LogP contribution < -0.4 is 19.1 Å². The molecule has 0 aliphatic carbocycles. The summed E-state index contributed by atoms with van der Waals surface area (Å²) in [5.74, 6) is -0.309. The van der Waals surface area contributed by atoms with E-state index in [0.717, 1.165) is 17.1 Å². The summed E-state index contributed by atoms with van der Waals surface area (Å²) in [5, 5.41) is 3.50. The summed E-state index contributed by atoms with van der Waals surface area (Å²) in [6.07, 6.45) is 1.68. The molecule has 9 nitrogen and oxygen atoms in total. The number of sulfonamides is 1. The van der Waals surface area contributed by atoms with Crippen molar-refractivity contribution in [1.29, 1.82) is 0 Å². The van der Waals surface area contributed by atoms with E-state index >= 15 is 0 Å². The summed E-state index contributed by atoms with van der Waals surface area (Å²) in [6.45, 7) is 5.65. The van der Waals surface area contributed by atoms with Gasteiger partial charge in [0.15, 0.2) is 11.5 Å². The van der Waals surface area contributed by atoms with Crippen LogP contribution in [0.2, 0.25) is 10.0 Å². The summed E-state index contributed by atoms with van der Waals surface area (Å²) in [4.78, 5) is 28.0. The summed E-state index contributed by atoms with van der Waals surface area (Å²) < 4.78 is 38.4. The summed E-state index contributed by atoms with van der Waals surface area (Å²) in [7, 11) is -3.88. The molecule has 2 aromatic rings. The first-order valence-electron chi connectivity index (χ1n) is 12.5. The Labute approximate surface area is 234 Å². The Hall–Kier alpha value is -2.69. The van der Waals surface area contributed by atoms with Gasteiger partial charge in [-0.05, 0) is 44.5 Å². The highest BCUT2D eigenvalue weighted by atomic mass is 35.5. The Bertz CT molecular complexity index is 1240. The maximum atomic E-state index is 13.8. The number of nitrogens with one attached hydrogen (secondary N) is 1. The van der Waals surface area contributed by atoms with Crippen molar-refractivity contribution in [1.82, 2.24) is 10.2 Å². The van der Waals surface area contributed by atoms with Crippen molar-refractivity contribution in [3.05, 3.63) is 52.0 Å². The number of nitrogens with zero attached hydrogens (tertiary/aromatic N) is 2. The number of rotatable bonds is 12. The van der Waals surface area contributed by atoms with Crippen molar-refractivity contribution in [2.75, 3.05) is 36.4 Å². The molecule has 0 spiro atoms. The molecular formula is C26H33Cl2N3O6S. The van der Waals surface area contributed by atoms with Crippen LogP contribution in [0.3, 0.4) is 0 Å². The lowest BCUT2D eigenvalue weighted by molar-refractivity contribution is -0.139. The molecule has 2 aromatic carbocycles. The lowest BCUT2D eigenvalue weighted by Crippen LogP contribution is -2.51. The SMILES string of the molecule is CCCCNC(=O)[C@H](C)N(Cc1c(Cl)cccc1Cl)C(=O)CN(c1ccc2c(c1)OCCO2)S(=O)(=O)CC. The van der Waals surface area contributed by atoms with Gasteiger partial charge in [0.05, 0.1) is 11.4 Å². The van der Waals surface area contributed by atoms with Crippen LogP contribution in [0.5, 0.6) is 11.5 Å². The monoisotopic (exact) mass is 585 g/mol. The van der Waals surface area contributed by atoms with E-state index in [0.29, 0.717) is 46.9 Å². The van der Waals surface area contributed by atoms with Crippen molar-refractivity contribution >= 4 is 50.7 Å². The minimum absolute atomic E-state index is 0.0825. The molecule has 1 aliphatic rings. The van der Waals surface area contributed by atoms with Gasteiger partial charge in [-0.25, -0.2) is 8.42 Å². The zero-order valence-corrected chi connectivity index (χ0v) is 24.0. The van der Waals surface area contributed by atoms with Crippen LogP contribution in [0.4, 0.5) is 5.69 Å². The number of benzene rings is 2. The second-order valence-corrected chi connectivity index (χ2v) is 11.8. The number of anilines is 1. The van der Waals surface area contributed by atoms with Crippen LogP contribution in [0.1, 0.15) is 39.2 Å². The fourth-order valence-corrected chi connectivity index (χ4v) is 5.45. The third-order valence-corrected chi connectivity index (χ3v) is 8.63. The van der Waals surface area contributed by atoms with Crippen molar-refractivity contribution < 1.29 is 27.5 Å². The van der Waals surface area contributed by atoms with Gasteiger partial charge in [-0.2, -0.15) is 0 Å². The van der Waals surface area contributed by atoms with Gasteiger partial charge in [0.25, 0.3) is 0 Å². The topological polar surface area (TPSA) is 105 Å². The number of halogens is 2. The number of carbonyl (C=O) groups is 2. The van der Waals surface area contributed by atoms with Crippen LogP contribution in [0, 0.1) is 0 Å². The van der Waals surface area contributed by atoms with Crippen molar-refractivity contribution in [2.45, 2.75) is 46.2 Å². The number of fused-ring (bicyclic) bond motifs is 1. The molecule has 0 saturated carbocycles. The quantitative estimate of drug-likeness (QED) is 0.373. The average Bonchev–Trinajstić information content (AvgIpc) is 2.90. The van der Waals surface area contributed by atoms with E-state index in [2.05, 4.69) is 5.32 Å². The molecule has 0 aromatic heterocycles. The lowest BCUT2D eigenvalue weighted by atomic mass is 10.1. The first-order chi connectivity index (χ1) is 18.1. The van der Waals surface area contributed by atoms with Gasteiger partial charge < -0.3 is 19.7 Å². The van der Waals surface area contributed by atoms with Gasteiger partial charge in [-0.1, -0.05) is 42.6 Å². The standard InChI is InChI=1S/C26H33Cl2N3O6S/c1-4-6-12-29-26(33)18(3)30(16-20-21(27)8-7-9-22(20)28)25(32)17-31(38(34,35)5-2)19-10-11-23-24(15-19)37-14-13-36-23/h7-11,15,18H,4-6,12-14,16-17H2,1-3H3,(H,29,33)/t18-/m0/s1. The zero-order valence-electron chi connectivity index (χ0n) is 21.7. The smallest absolute Gasteiger partial charge is 0.244 e. The van der Waals surface area contributed by atoms with Gasteiger partial charge in [0.1, 0.15) is 25.8 Å². The van der Waals surface area contributed by atoms with Crippen molar-refractivity contribution in [3.63, 3.8) is 0 Å². The molecule has 0 bridgehead atoms. The van der Waals surface area contributed by atoms with Crippen LogP contribution in [0.25, 0.3) is 0 Å². The zero-order chi connectivity index (χ0) is 27.9. The molecule has 38 heavy (non-hydrogen) atoms. The minimum atomic E-state index is -3.88. The highest BCUT2D eigenvalue weighted by Crippen LogP contribution is 2.35. The number of carbonyl (C=O) groups excluding carboxylic acids is 2. The van der Waals surface area contributed by atoms with E-state index in [1.807, 2.05) is 6.92 Å². The van der Waals surface area contributed by atoms with Crippen LogP contribution in [-0.4, -0.2) is 63.2 Å². The highest BCUT2D eigenvalue weighted by molar-refractivity contribution is 7.92. The van der Waals surface area contributed by atoms with Crippen LogP contribution in [-0.2, 0) is 26.2 Å². The first-order valence-corrected chi connectivity index (χ1v) is 14.9. The number of ether oxygens (including phenoxy) is 2. The number of amides is 2. The Kier molecular flexibility index (Phi) is 10.5. The second-order valence-electron chi connectivity index (χ2n) is 8.78. The molecule has 0 radical (unpaired) electrons.